The molecule has 2 aromatic carbocycles. The Balaban J connectivity index is 1.32. The maximum absolute atomic E-state index is 13.1. The summed E-state index contributed by atoms with van der Waals surface area (Å²) in [4.78, 5) is 43.0. The SMILES string of the molecule is C[C@H]1[C@@H](c2ccccc2)N(C(=O)CC=C2CCN(C(=O)OCc3ccccc3)CC2)C(=O)N1C. The highest BCUT2D eigenvalue weighted by Gasteiger charge is 2.45. The van der Waals surface area contributed by atoms with Gasteiger partial charge < -0.3 is 14.5 Å². The smallest absolute Gasteiger partial charge is 0.410 e. The first kappa shape index (κ1) is 23.5. The third-order valence-corrected chi connectivity index (χ3v) is 6.70. The number of hydrogen-bond acceptors (Lipinski definition) is 4. The van der Waals surface area contributed by atoms with Crippen molar-refractivity contribution >= 4 is 18.0 Å². The summed E-state index contributed by atoms with van der Waals surface area (Å²) in [5.41, 5.74) is 3.04. The normalized spacial score (nSPS) is 20.5. The fourth-order valence-corrected chi connectivity index (χ4v) is 4.55. The molecule has 2 aromatic rings. The summed E-state index contributed by atoms with van der Waals surface area (Å²) in [6.07, 6.45) is 3.17. The van der Waals surface area contributed by atoms with Crippen LogP contribution in [0, 0.1) is 0 Å². The van der Waals surface area contributed by atoms with Crippen LogP contribution in [0.1, 0.15) is 43.4 Å². The predicted molar refractivity (Wildman–Crippen MR) is 129 cm³/mol. The molecular weight excluding hydrogens is 430 g/mol. The zero-order valence-electron chi connectivity index (χ0n) is 19.7. The Hall–Kier alpha value is -3.61. The second-order valence-electron chi connectivity index (χ2n) is 8.85. The first-order valence-corrected chi connectivity index (χ1v) is 11.7. The van der Waals surface area contributed by atoms with Crippen LogP contribution in [0.25, 0.3) is 0 Å². The van der Waals surface area contributed by atoms with Gasteiger partial charge in [-0.15, -0.1) is 0 Å². The molecule has 0 saturated carbocycles. The number of imide groups is 1. The number of carbonyl (C=O) groups is 3. The maximum Gasteiger partial charge on any atom is 0.410 e. The first-order chi connectivity index (χ1) is 16.5. The van der Waals surface area contributed by atoms with Crippen LogP contribution < -0.4 is 0 Å². The molecular formula is C27H31N3O4. The second-order valence-corrected chi connectivity index (χ2v) is 8.85. The number of benzene rings is 2. The van der Waals surface area contributed by atoms with Crippen LogP contribution in [0.5, 0.6) is 0 Å². The van der Waals surface area contributed by atoms with E-state index < -0.39 is 0 Å². The number of likely N-dealkylation sites (tertiary alicyclic amines) is 1. The minimum atomic E-state index is -0.315. The maximum atomic E-state index is 13.1. The molecule has 34 heavy (non-hydrogen) atoms. The molecule has 0 aliphatic carbocycles. The molecule has 7 heteroatoms. The topological polar surface area (TPSA) is 70.2 Å². The Kier molecular flexibility index (Phi) is 7.30. The van der Waals surface area contributed by atoms with Crippen LogP contribution in [0.15, 0.2) is 72.3 Å². The number of nitrogens with zero attached hydrogens (tertiary/aromatic N) is 3. The third kappa shape index (κ3) is 5.14. The molecule has 2 fully saturated rings. The second kappa shape index (κ2) is 10.5. The summed E-state index contributed by atoms with van der Waals surface area (Å²) in [6.45, 7) is 3.34. The van der Waals surface area contributed by atoms with Gasteiger partial charge in [0.05, 0.1) is 12.1 Å². The summed E-state index contributed by atoms with van der Waals surface area (Å²) >= 11 is 0. The fourth-order valence-electron chi connectivity index (χ4n) is 4.55. The standard InChI is InChI=1S/C27H31N3O4/c1-20-25(23-11-7-4-8-12-23)30(26(32)28(20)2)24(31)14-13-21-15-17-29(18-16-21)27(33)34-19-22-9-5-3-6-10-22/h3-13,20,25H,14-19H2,1-2H3/t20-,25-/m0/s1. The van der Waals surface area contributed by atoms with E-state index in [0.29, 0.717) is 25.9 Å². The van der Waals surface area contributed by atoms with Crippen molar-refractivity contribution in [1.29, 1.82) is 0 Å². The van der Waals surface area contributed by atoms with Crippen LogP contribution in [-0.4, -0.2) is 58.9 Å². The highest BCUT2D eigenvalue weighted by Crippen LogP contribution is 2.35. The van der Waals surface area contributed by atoms with E-state index in [1.807, 2.05) is 73.7 Å². The molecule has 0 unspecified atom stereocenters. The molecule has 2 aliphatic heterocycles. The van der Waals surface area contributed by atoms with Gasteiger partial charge in [0.1, 0.15) is 6.61 Å². The highest BCUT2D eigenvalue weighted by atomic mass is 16.6. The summed E-state index contributed by atoms with van der Waals surface area (Å²) < 4.78 is 5.42. The molecule has 0 aromatic heterocycles. The number of piperidine rings is 1. The zero-order valence-corrected chi connectivity index (χ0v) is 19.7. The zero-order chi connectivity index (χ0) is 24.1. The number of amides is 4. The summed E-state index contributed by atoms with van der Waals surface area (Å²) in [7, 11) is 1.74. The van der Waals surface area contributed by atoms with E-state index in [1.165, 1.54) is 4.90 Å². The van der Waals surface area contributed by atoms with Gasteiger partial charge in [-0.05, 0) is 30.9 Å². The molecule has 0 spiro atoms. The summed E-state index contributed by atoms with van der Waals surface area (Å²) in [5, 5.41) is 0. The van der Waals surface area contributed by atoms with Crippen LogP contribution in [0.3, 0.4) is 0 Å². The van der Waals surface area contributed by atoms with Gasteiger partial charge in [0, 0.05) is 26.6 Å². The minimum Gasteiger partial charge on any atom is -0.445 e. The van der Waals surface area contributed by atoms with E-state index in [4.69, 9.17) is 4.74 Å². The van der Waals surface area contributed by atoms with Crippen LogP contribution in [0.4, 0.5) is 9.59 Å². The number of hydrogen-bond donors (Lipinski definition) is 0. The van der Waals surface area contributed by atoms with Crippen LogP contribution in [0.2, 0.25) is 0 Å². The Morgan fingerprint density at radius 1 is 1.00 bits per heavy atom. The van der Waals surface area contributed by atoms with Gasteiger partial charge in [0.15, 0.2) is 0 Å². The Morgan fingerprint density at radius 3 is 2.26 bits per heavy atom. The molecule has 0 radical (unpaired) electrons. The lowest BCUT2D eigenvalue weighted by atomic mass is 9.99. The first-order valence-electron chi connectivity index (χ1n) is 11.7. The van der Waals surface area contributed by atoms with Crippen molar-refractivity contribution in [1.82, 2.24) is 14.7 Å². The highest BCUT2D eigenvalue weighted by molar-refractivity contribution is 5.97. The van der Waals surface area contributed by atoms with E-state index in [2.05, 4.69) is 0 Å². The summed E-state index contributed by atoms with van der Waals surface area (Å²) in [5.74, 6) is -0.202. The molecule has 0 bridgehead atoms. The van der Waals surface area contributed by atoms with E-state index in [0.717, 1.165) is 16.7 Å². The fraction of sp³-hybridized carbons (Fsp3) is 0.370. The van der Waals surface area contributed by atoms with Crippen LogP contribution >= 0.6 is 0 Å². The number of ether oxygens (including phenoxy) is 1. The van der Waals surface area contributed by atoms with E-state index >= 15 is 0 Å². The quantitative estimate of drug-likeness (QED) is 0.602. The molecule has 2 aliphatic rings. The average Bonchev–Trinajstić information content (AvgIpc) is 3.11. The molecule has 4 amide bonds. The number of urea groups is 1. The molecule has 4 rings (SSSR count). The van der Waals surface area contributed by atoms with Crippen molar-refractivity contribution in [2.24, 2.45) is 0 Å². The average molecular weight is 462 g/mol. The molecule has 2 saturated heterocycles. The third-order valence-electron chi connectivity index (χ3n) is 6.70. The van der Waals surface area contributed by atoms with Gasteiger partial charge in [-0.25, -0.2) is 9.59 Å². The number of rotatable bonds is 5. The lowest BCUT2D eigenvalue weighted by Gasteiger charge is -2.28. The van der Waals surface area contributed by atoms with Crippen molar-refractivity contribution in [2.45, 2.75) is 44.9 Å². The van der Waals surface area contributed by atoms with Gasteiger partial charge in [0.25, 0.3) is 0 Å². The van der Waals surface area contributed by atoms with Crippen molar-refractivity contribution in [2.75, 3.05) is 20.1 Å². The lowest BCUT2D eigenvalue weighted by Crippen LogP contribution is -2.37. The van der Waals surface area contributed by atoms with Gasteiger partial charge in [-0.1, -0.05) is 72.3 Å². The van der Waals surface area contributed by atoms with Gasteiger partial charge in [0.2, 0.25) is 5.91 Å². The number of carbonyl (C=O) groups excluding carboxylic acids is 3. The van der Waals surface area contributed by atoms with Crippen molar-refractivity contribution < 1.29 is 19.1 Å². The predicted octanol–water partition coefficient (Wildman–Crippen LogP) is 4.76. The molecule has 7 nitrogen and oxygen atoms in total. The molecule has 0 N–H and O–H groups in total. The van der Waals surface area contributed by atoms with Crippen molar-refractivity contribution in [3.05, 3.63) is 83.4 Å². The van der Waals surface area contributed by atoms with Gasteiger partial charge in [-0.3, -0.25) is 9.69 Å². The monoisotopic (exact) mass is 461 g/mol. The Labute approximate surface area is 200 Å². The van der Waals surface area contributed by atoms with Crippen LogP contribution in [-0.2, 0) is 16.1 Å². The largest absolute Gasteiger partial charge is 0.445 e. The van der Waals surface area contributed by atoms with E-state index in [9.17, 15) is 14.4 Å². The molecule has 178 valence electrons. The minimum absolute atomic E-state index is 0.100. The summed E-state index contributed by atoms with van der Waals surface area (Å²) in [6, 6.07) is 18.6. The lowest BCUT2D eigenvalue weighted by molar-refractivity contribution is -0.128. The van der Waals surface area contributed by atoms with Crippen molar-refractivity contribution in [3.63, 3.8) is 0 Å². The Morgan fingerprint density at radius 2 is 1.62 bits per heavy atom. The van der Waals surface area contributed by atoms with E-state index in [-0.39, 0.29) is 43.1 Å². The van der Waals surface area contributed by atoms with E-state index in [1.54, 1.807) is 16.8 Å². The van der Waals surface area contributed by atoms with Crippen molar-refractivity contribution in [3.8, 4) is 0 Å². The molecule has 2 heterocycles. The molecule has 2 atom stereocenters. The van der Waals surface area contributed by atoms with Gasteiger partial charge in [-0.2, -0.15) is 0 Å². The Bertz CT molecular complexity index is 1040. The van der Waals surface area contributed by atoms with Gasteiger partial charge >= 0.3 is 12.1 Å². The number of likely N-dealkylation sites (N-methyl/N-ethyl adjacent to an activating group) is 1.